The first-order chi connectivity index (χ1) is 19.5. The van der Waals surface area contributed by atoms with Crippen LogP contribution in [0.4, 0.5) is 10.2 Å². The molecule has 1 aliphatic heterocycles. The van der Waals surface area contributed by atoms with E-state index in [1.165, 1.54) is 12.1 Å². The number of anilines is 1. The molecule has 3 heterocycles. The number of amides is 1. The Bertz CT molecular complexity index is 1340. The highest BCUT2D eigenvalue weighted by atomic mass is 35.5. The van der Waals surface area contributed by atoms with Gasteiger partial charge in [-0.2, -0.15) is 5.10 Å². The Morgan fingerprint density at radius 3 is 2.63 bits per heavy atom. The summed E-state index contributed by atoms with van der Waals surface area (Å²) in [7, 11) is 4.09. The van der Waals surface area contributed by atoms with Crippen molar-refractivity contribution in [2.75, 3.05) is 39.5 Å². The number of ether oxygens (including phenoxy) is 1. The van der Waals surface area contributed by atoms with Gasteiger partial charge in [0.05, 0.1) is 23.3 Å². The minimum absolute atomic E-state index is 0.0324. The number of piperidine rings is 1. The summed E-state index contributed by atoms with van der Waals surface area (Å²) in [5, 5.41) is 4.79. The maximum Gasteiger partial charge on any atom is 0.239 e. The molecule has 1 aromatic carbocycles. The van der Waals surface area contributed by atoms with Crippen LogP contribution in [0.3, 0.4) is 0 Å². The molecule has 0 unspecified atom stereocenters. The molecule has 1 fully saturated rings. The number of hydrogen-bond donors (Lipinski definition) is 2. The van der Waals surface area contributed by atoms with Crippen LogP contribution >= 0.6 is 23.2 Å². The van der Waals surface area contributed by atoms with Crippen molar-refractivity contribution in [1.82, 2.24) is 24.6 Å². The largest absolute Gasteiger partial charge is 0.482 e. The maximum atomic E-state index is 14.0. The molecule has 0 radical (unpaired) electrons. The summed E-state index contributed by atoms with van der Waals surface area (Å²) in [6, 6.07) is 4.13. The number of halogens is 3. The minimum Gasteiger partial charge on any atom is -0.482 e. The van der Waals surface area contributed by atoms with Crippen LogP contribution < -0.4 is 16.2 Å². The number of likely N-dealkylation sites (tertiary alicyclic amines) is 1. The Balaban J connectivity index is 1.36. The van der Waals surface area contributed by atoms with E-state index < -0.39 is 18.0 Å². The fraction of sp³-hybridized carbons (Fsp3) is 0.483. The first-order valence-corrected chi connectivity index (χ1v) is 14.6. The Labute approximate surface area is 250 Å². The minimum atomic E-state index is -0.674. The number of nitrogen functional groups attached to an aromatic ring is 1. The molecule has 3 aromatic rings. The van der Waals surface area contributed by atoms with Gasteiger partial charge in [0.2, 0.25) is 5.91 Å². The first kappa shape index (κ1) is 31.0. The number of nitrogens with two attached hydrogens (primary N) is 2. The molecular weight excluding hydrogens is 568 g/mol. The van der Waals surface area contributed by atoms with E-state index in [0.717, 1.165) is 43.4 Å². The van der Waals surface area contributed by atoms with Crippen molar-refractivity contribution in [2.45, 2.75) is 57.2 Å². The molecule has 0 saturated carbocycles. The number of unbranched alkanes of at least 4 members (excludes halogenated alkanes) is 1. The third kappa shape index (κ3) is 7.68. The second-order valence-electron chi connectivity index (χ2n) is 10.8. The molecule has 0 aliphatic carbocycles. The van der Waals surface area contributed by atoms with Crippen molar-refractivity contribution in [3.05, 3.63) is 58.2 Å². The molecule has 4 rings (SSSR count). The second-order valence-corrected chi connectivity index (χ2v) is 11.6. The number of hydrogen-bond acceptors (Lipinski definition) is 7. The second kappa shape index (κ2) is 13.8. The van der Waals surface area contributed by atoms with Crippen molar-refractivity contribution >= 4 is 34.9 Å². The molecule has 1 saturated heterocycles. The van der Waals surface area contributed by atoms with Crippen LogP contribution in [0, 0.1) is 5.82 Å². The number of carbonyl (C=O) groups excluding carboxylic acids is 1. The monoisotopic (exact) mass is 605 g/mol. The lowest BCUT2D eigenvalue weighted by Crippen LogP contribution is -2.47. The van der Waals surface area contributed by atoms with Crippen molar-refractivity contribution in [1.29, 1.82) is 0 Å². The fourth-order valence-electron chi connectivity index (χ4n) is 5.06. The lowest BCUT2D eigenvalue weighted by atomic mass is 10.0. The summed E-state index contributed by atoms with van der Waals surface area (Å²) in [5.74, 6) is -0.0407. The molecular formula is C29H38Cl2FN7O2. The zero-order valence-electron chi connectivity index (χ0n) is 23.7. The average Bonchev–Trinajstić information content (AvgIpc) is 3.44. The van der Waals surface area contributed by atoms with Gasteiger partial charge < -0.3 is 26.0 Å². The SMILES string of the molecule is C[C@@H](Oc1cc(-c2cnn(C3CCN(C(=O)[C@@H](N)CCCCN(C)C)CC3)c2)cnc1N)c1c(Cl)ccc(F)c1Cl. The van der Waals surface area contributed by atoms with Gasteiger partial charge in [0, 0.05) is 47.2 Å². The van der Waals surface area contributed by atoms with Crippen LogP contribution in [0.5, 0.6) is 5.75 Å². The zero-order valence-corrected chi connectivity index (χ0v) is 25.2. The van der Waals surface area contributed by atoms with Crippen LogP contribution in [0.2, 0.25) is 10.0 Å². The number of carbonyl (C=O) groups is 1. The summed E-state index contributed by atoms with van der Waals surface area (Å²) >= 11 is 12.4. The smallest absolute Gasteiger partial charge is 0.239 e. The van der Waals surface area contributed by atoms with Gasteiger partial charge in [-0.05, 0) is 71.4 Å². The topological polar surface area (TPSA) is 116 Å². The Hall–Kier alpha value is -2.92. The lowest BCUT2D eigenvalue weighted by molar-refractivity contribution is -0.134. The number of pyridine rings is 1. The quantitative estimate of drug-likeness (QED) is 0.224. The van der Waals surface area contributed by atoms with Gasteiger partial charge in [0.15, 0.2) is 11.6 Å². The molecule has 222 valence electrons. The molecule has 2 aromatic heterocycles. The molecule has 41 heavy (non-hydrogen) atoms. The first-order valence-electron chi connectivity index (χ1n) is 13.8. The number of benzene rings is 1. The lowest BCUT2D eigenvalue weighted by Gasteiger charge is -2.33. The third-order valence-corrected chi connectivity index (χ3v) is 8.16. The summed E-state index contributed by atoms with van der Waals surface area (Å²) in [5.41, 5.74) is 14.2. The molecule has 1 amide bonds. The molecule has 0 spiro atoms. The highest BCUT2D eigenvalue weighted by Gasteiger charge is 2.27. The van der Waals surface area contributed by atoms with Gasteiger partial charge in [-0.25, -0.2) is 9.37 Å². The third-order valence-electron chi connectivity index (χ3n) is 7.44. The predicted molar refractivity (Wildman–Crippen MR) is 161 cm³/mol. The van der Waals surface area contributed by atoms with Crippen LogP contribution in [0.25, 0.3) is 11.1 Å². The van der Waals surface area contributed by atoms with Crippen molar-refractivity contribution < 1.29 is 13.9 Å². The van der Waals surface area contributed by atoms with E-state index in [4.69, 9.17) is 39.4 Å². The Morgan fingerprint density at radius 2 is 1.93 bits per heavy atom. The van der Waals surface area contributed by atoms with Crippen LogP contribution in [-0.4, -0.2) is 70.2 Å². The van der Waals surface area contributed by atoms with Gasteiger partial charge >= 0.3 is 0 Å². The Kier molecular flexibility index (Phi) is 10.5. The average molecular weight is 607 g/mol. The molecule has 1 aliphatic rings. The zero-order chi connectivity index (χ0) is 29.7. The van der Waals surface area contributed by atoms with E-state index in [1.807, 2.05) is 29.9 Å². The van der Waals surface area contributed by atoms with Gasteiger partial charge in [-0.15, -0.1) is 0 Å². The van der Waals surface area contributed by atoms with Gasteiger partial charge in [0.1, 0.15) is 11.9 Å². The Morgan fingerprint density at radius 1 is 1.20 bits per heavy atom. The van der Waals surface area contributed by atoms with Crippen LogP contribution in [0.15, 0.2) is 36.8 Å². The normalized spacial score (nSPS) is 15.8. The molecule has 4 N–H and O–H groups in total. The highest BCUT2D eigenvalue weighted by molar-refractivity contribution is 6.36. The molecule has 2 atom stereocenters. The molecule has 0 bridgehead atoms. The van der Waals surface area contributed by atoms with Gasteiger partial charge in [-0.3, -0.25) is 9.48 Å². The van der Waals surface area contributed by atoms with Gasteiger partial charge in [-0.1, -0.05) is 29.6 Å². The number of aromatic nitrogens is 3. The fourth-order valence-corrected chi connectivity index (χ4v) is 5.74. The van der Waals surface area contributed by atoms with E-state index in [-0.39, 0.29) is 22.8 Å². The molecule has 12 heteroatoms. The number of nitrogens with zero attached hydrogens (tertiary/aromatic N) is 5. The van der Waals surface area contributed by atoms with E-state index in [9.17, 15) is 9.18 Å². The van der Waals surface area contributed by atoms with Crippen molar-refractivity contribution in [3.63, 3.8) is 0 Å². The van der Waals surface area contributed by atoms with E-state index in [0.29, 0.717) is 35.8 Å². The number of rotatable bonds is 11. The van der Waals surface area contributed by atoms with Crippen molar-refractivity contribution in [3.8, 4) is 16.9 Å². The van der Waals surface area contributed by atoms with Crippen LogP contribution in [-0.2, 0) is 4.79 Å². The van der Waals surface area contributed by atoms with E-state index in [2.05, 4.69) is 15.0 Å². The maximum absolute atomic E-state index is 14.0. The summed E-state index contributed by atoms with van der Waals surface area (Å²) in [4.78, 5) is 21.1. The van der Waals surface area contributed by atoms with Crippen LogP contribution in [0.1, 0.15) is 56.7 Å². The predicted octanol–water partition coefficient (Wildman–Crippen LogP) is 5.34. The standard InChI is InChI=1S/C29H38Cl2FN7O2/c1-18(26-22(30)7-8-23(32)27(26)31)41-25-14-19(15-35-28(25)34)20-16-36-39(17-20)21-9-12-38(13-10-21)29(40)24(33)6-4-5-11-37(2)3/h7-8,14-18,21,24H,4-6,9-13,33H2,1-3H3,(H2,34,35)/t18-,24+/m1/s1. The van der Waals surface area contributed by atoms with E-state index in [1.54, 1.807) is 25.4 Å². The van der Waals surface area contributed by atoms with E-state index >= 15 is 0 Å². The van der Waals surface area contributed by atoms with Crippen molar-refractivity contribution in [2.24, 2.45) is 5.73 Å². The summed E-state index contributed by atoms with van der Waals surface area (Å²) < 4.78 is 22.0. The summed E-state index contributed by atoms with van der Waals surface area (Å²) in [6.07, 6.45) is 8.96. The molecule has 9 nitrogen and oxygen atoms in total. The highest BCUT2D eigenvalue weighted by Crippen LogP contribution is 2.37. The summed E-state index contributed by atoms with van der Waals surface area (Å²) in [6.45, 7) is 4.01. The van der Waals surface area contributed by atoms with Gasteiger partial charge in [0.25, 0.3) is 0 Å².